The van der Waals surface area contributed by atoms with Crippen molar-refractivity contribution in [1.82, 2.24) is 0 Å². The topological polar surface area (TPSA) is 78.9 Å². The molecule has 380 valence electrons. The molecule has 0 rings (SSSR count). The molecular formula is C60H104O6. The summed E-state index contributed by atoms with van der Waals surface area (Å²) in [7, 11) is 0. The first-order valence-corrected chi connectivity index (χ1v) is 28.0. The minimum atomic E-state index is -0.787. The van der Waals surface area contributed by atoms with Crippen LogP contribution in [0, 0.1) is 0 Å². The zero-order valence-corrected chi connectivity index (χ0v) is 43.4. The molecule has 0 bridgehead atoms. The summed E-state index contributed by atoms with van der Waals surface area (Å²) >= 11 is 0. The number of unbranched alkanes of at least 4 members (excludes halogenated alkanes) is 31. The summed E-state index contributed by atoms with van der Waals surface area (Å²) in [5.41, 5.74) is 0. The Hall–Kier alpha value is -3.15. The van der Waals surface area contributed by atoms with Gasteiger partial charge in [-0.2, -0.15) is 0 Å². The van der Waals surface area contributed by atoms with Gasteiger partial charge in [0.2, 0.25) is 0 Å². The first-order valence-electron chi connectivity index (χ1n) is 28.0. The molecule has 0 aromatic heterocycles. The van der Waals surface area contributed by atoms with E-state index in [1.54, 1.807) is 0 Å². The number of rotatable bonds is 50. The maximum Gasteiger partial charge on any atom is 0.306 e. The fourth-order valence-corrected chi connectivity index (χ4v) is 7.86. The first kappa shape index (κ1) is 62.8. The minimum Gasteiger partial charge on any atom is -0.462 e. The van der Waals surface area contributed by atoms with Crippen LogP contribution in [0.3, 0.4) is 0 Å². The third kappa shape index (κ3) is 51.8. The van der Waals surface area contributed by atoms with E-state index < -0.39 is 6.10 Å². The van der Waals surface area contributed by atoms with Crippen LogP contribution >= 0.6 is 0 Å². The second-order valence-electron chi connectivity index (χ2n) is 18.6. The van der Waals surface area contributed by atoms with Crippen LogP contribution in [0.2, 0.25) is 0 Å². The highest BCUT2D eigenvalue weighted by Crippen LogP contribution is 2.16. The lowest BCUT2D eigenvalue weighted by molar-refractivity contribution is -0.167. The zero-order chi connectivity index (χ0) is 47.9. The fraction of sp³-hybridized carbons (Fsp3) is 0.750. The molecule has 0 fully saturated rings. The van der Waals surface area contributed by atoms with Gasteiger partial charge in [-0.1, -0.05) is 261 Å². The Morgan fingerprint density at radius 2 is 0.591 bits per heavy atom. The van der Waals surface area contributed by atoms with E-state index in [9.17, 15) is 14.4 Å². The van der Waals surface area contributed by atoms with Gasteiger partial charge in [-0.3, -0.25) is 14.4 Å². The third-order valence-corrected chi connectivity index (χ3v) is 12.1. The van der Waals surface area contributed by atoms with Gasteiger partial charge in [0.1, 0.15) is 13.2 Å². The highest BCUT2D eigenvalue weighted by molar-refractivity contribution is 5.71. The van der Waals surface area contributed by atoms with Gasteiger partial charge in [0, 0.05) is 19.3 Å². The van der Waals surface area contributed by atoms with Crippen LogP contribution in [0.5, 0.6) is 0 Å². The van der Waals surface area contributed by atoms with Crippen LogP contribution in [0.15, 0.2) is 72.9 Å². The maximum atomic E-state index is 12.8. The molecule has 66 heavy (non-hydrogen) atoms. The van der Waals surface area contributed by atoms with E-state index in [1.807, 2.05) is 18.2 Å². The van der Waals surface area contributed by atoms with Crippen molar-refractivity contribution < 1.29 is 28.6 Å². The molecule has 0 amide bonds. The lowest BCUT2D eigenvalue weighted by Crippen LogP contribution is -2.30. The van der Waals surface area contributed by atoms with Crippen molar-refractivity contribution >= 4 is 17.9 Å². The Morgan fingerprint density at radius 1 is 0.318 bits per heavy atom. The fourth-order valence-electron chi connectivity index (χ4n) is 7.86. The zero-order valence-electron chi connectivity index (χ0n) is 43.4. The lowest BCUT2D eigenvalue weighted by atomic mass is 10.0. The van der Waals surface area contributed by atoms with Crippen LogP contribution in [0.4, 0.5) is 0 Å². The van der Waals surface area contributed by atoms with Crippen molar-refractivity contribution in [1.29, 1.82) is 0 Å². The summed E-state index contributed by atoms with van der Waals surface area (Å²) in [5, 5.41) is 0. The van der Waals surface area contributed by atoms with Crippen molar-refractivity contribution in [2.24, 2.45) is 0 Å². The number of hydrogen-bond acceptors (Lipinski definition) is 6. The summed E-state index contributed by atoms with van der Waals surface area (Å²) < 4.78 is 16.8. The molecule has 0 aliphatic heterocycles. The standard InChI is InChI=1S/C60H104O6/c1-4-7-10-13-16-19-22-25-28-29-30-31-33-35-38-41-44-47-50-53-59(62)65-56-57(55-64-58(61)52-49-46-43-40-37-34-27-24-21-18-15-12-9-6-3)66-60(63)54-51-48-45-42-39-36-32-26-23-20-17-14-11-8-5-2/h8,11,14,16-17,19-20,22-23,25-26,32,57H,4-7,9-10,12-13,15,18,21,24,27-31,33-56H2,1-3H3/b11-8-,17-14-,19-16-,23-20-,25-22-,32-26-. The van der Waals surface area contributed by atoms with E-state index in [-0.39, 0.29) is 31.1 Å². The molecule has 0 N–H and O–H groups in total. The highest BCUT2D eigenvalue weighted by atomic mass is 16.6. The molecule has 1 unspecified atom stereocenters. The third-order valence-electron chi connectivity index (χ3n) is 12.1. The summed E-state index contributed by atoms with van der Waals surface area (Å²) in [5.74, 6) is -0.903. The Bertz CT molecular complexity index is 1240. The lowest BCUT2D eigenvalue weighted by Gasteiger charge is -2.18. The maximum absolute atomic E-state index is 12.8. The van der Waals surface area contributed by atoms with Crippen molar-refractivity contribution in [2.75, 3.05) is 13.2 Å². The second kappa shape index (κ2) is 54.5. The molecule has 0 radical (unpaired) electrons. The molecule has 0 aliphatic rings. The van der Waals surface area contributed by atoms with Gasteiger partial charge < -0.3 is 14.2 Å². The van der Waals surface area contributed by atoms with E-state index in [0.29, 0.717) is 19.3 Å². The number of carbonyl (C=O) groups is 3. The van der Waals surface area contributed by atoms with Crippen LogP contribution < -0.4 is 0 Å². The predicted octanol–water partition coefficient (Wildman–Crippen LogP) is 18.6. The van der Waals surface area contributed by atoms with Crippen LogP contribution in [0.25, 0.3) is 0 Å². The summed E-state index contributed by atoms with van der Waals surface area (Å²) in [6, 6.07) is 0. The SMILES string of the molecule is CC\C=C/C=C\C=C/C=C\CCCCCCCC(=O)OC(COC(=O)CCCCCCCCCCCC/C=C\C=C/CCCCC)COC(=O)CCCCCCCCCCCCCCCC. The summed E-state index contributed by atoms with van der Waals surface area (Å²) in [6.45, 7) is 6.47. The largest absolute Gasteiger partial charge is 0.462 e. The van der Waals surface area contributed by atoms with E-state index in [4.69, 9.17) is 14.2 Å². The van der Waals surface area contributed by atoms with E-state index >= 15 is 0 Å². The molecule has 0 aliphatic carbocycles. The molecule has 6 heteroatoms. The number of hydrogen-bond donors (Lipinski definition) is 0. The normalized spacial score (nSPS) is 12.6. The molecule has 0 saturated carbocycles. The van der Waals surface area contributed by atoms with Crippen molar-refractivity contribution in [3.8, 4) is 0 Å². The predicted molar refractivity (Wildman–Crippen MR) is 284 cm³/mol. The number of esters is 3. The van der Waals surface area contributed by atoms with Crippen LogP contribution in [-0.2, 0) is 28.6 Å². The van der Waals surface area contributed by atoms with Crippen LogP contribution in [-0.4, -0.2) is 37.2 Å². The summed E-state index contributed by atoms with van der Waals surface area (Å²) in [4.78, 5) is 38.1. The second-order valence-corrected chi connectivity index (χ2v) is 18.6. The molecule has 0 heterocycles. The Balaban J connectivity index is 4.39. The van der Waals surface area contributed by atoms with Gasteiger partial charge in [0.15, 0.2) is 6.10 Å². The van der Waals surface area contributed by atoms with E-state index in [1.165, 1.54) is 148 Å². The average molecular weight is 921 g/mol. The van der Waals surface area contributed by atoms with Gasteiger partial charge >= 0.3 is 17.9 Å². The number of allylic oxidation sites excluding steroid dienone is 12. The van der Waals surface area contributed by atoms with E-state index in [2.05, 4.69) is 75.5 Å². The molecule has 6 nitrogen and oxygen atoms in total. The Kier molecular flexibility index (Phi) is 51.9. The number of carbonyl (C=O) groups excluding carboxylic acids is 3. The smallest absolute Gasteiger partial charge is 0.306 e. The van der Waals surface area contributed by atoms with Gasteiger partial charge in [-0.05, 0) is 64.2 Å². The highest BCUT2D eigenvalue weighted by Gasteiger charge is 2.19. The molecule has 0 aromatic carbocycles. The van der Waals surface area contributed by atoms with Crippen molar-refractivity contribution in [3.63, 3.8) is 0 Å². The van der Waals surface area contributed by atoms with Crippen molar-refractivity contribution in [3.05, 3.63) is 72.9 Å². The summed E-state index contributed by atoms with van der Waals surface area (Å²) in [6.07, 6.45) is 68.8. The van der Waals surface area contributed by atoms with Gasteiger partial charge in [-0.15, -0.1) is 0 Å². The average Bonchev–Trinajstić information content (AvgIpc) is 3.31. The van der Waals surface area contributed by atoms with Gasteiger partial charge in [0.05, 0.1) is 0 Å². The van der Waals surface area contributed by atoms with Crippen LogP contribution in [0.1, 0.15) is 271 Å². The Morgan fingerprint density at radius 3 is 0.970 bits per heavy atom. The van der Waals surface area contributed by atoms with Gasteiger partial charge in [0.25, 0.3) is 0 Å². The first-order chi connectivity index (χ1) is 32.5. The van der Waals surface area contributed by atoms with Crippen molar-refractivity contribution in [2.45, 2.75) is 277 Å². The molecule has 1 atom stereocenters. The molecule has 0 spiro atoms. The minimum absolute atomic E-state index is 0.0841. The monoisotopic (exact) mass is 921 g/mol. The van der Waals surface area contributed by atoms with E-state index in [0.717, 1.165) is 83.5 Å². The van der Waals surface area contributed by atoms with Gasteiger partial charge in [-0.25, -0.2) is 0 Å². The molecule has 0 saturated heterocycles. The quantitative estimate of drug-likeness (QED) is 0.0262. The molecule has 0 aromatic rings. The number of ether oxygens (including phenoxy) is 3. The molecular weight excluding hydrogens is 817 g/mol. The Labute approximate surface area is 408 Å².